The number of guanidine groups is 1. The Morgan fingerprint density at radius 3 is 2.79 bits per heavy atom. The summed E-state index contributed by atoms with van der Waals surface area (Å²) in [5.41, 5.74) is 6.93. The van der Waals surface area contributed by atoms with Crippen LogP contribution in [-0.2, 0) is 6.42 Å². The number of anilines is 1. The molecule has 4 N–H and O–H groups in total. The quantitative estimate of drug-likeness (QED) is 0.549. The molecule has 8 heteroatoms. The minimum Gasteiger partial charge on any atom is -0.497 e. The van der Waals surface area contributed by atoms with Crippen LogP contribution in [0.1, 0.15) is 19.0 Å². The maximum absolute atomic E-state index is 11.6. The van der Waals surface area contributed by atoms with Crippen LogP contribution in [0.3, 0.4) is 0 Å². The number of aromatic nitrogens is 2. The number of hydrogen-bond acceptors (Lipinski definition) is 5. The summed E-state index contributed by atoms with van der Waals surface area (Å²) in [4.78, 5) is 22.5. The fraction of sp³-hybridized carbons (Fsp3) is 0.312. The van der Waals surface area contributed by atoms with Crippen molar-refractivity contribution in [3.8, 4) is 11.5 Å². The molecule has 0 aliphatic rings. The van der Waals surface area contributed by atoms with Crippen LogP contribution < -0.4 is 26.1 Å². The second-order valence-corrected chi connectivity index (χ2v) is 5.00. The molecule has 0 saturated heterocycles. The van der Waals surface area contributed by atoms with Crippen LogP contribution in [0.15, 0.2) is 34.1 Å². The van der Waals surface area contributed by atoms with Gasteiger partial charge < -0.3 is 20.5 Å². The first-order chi connectivity index (χ1) is 11.5. The number of nitrogens with one attached hydrogen (secondary N) is 2. The number of methoxy groups -OCH3 is 2. The molecule has 1 aromatic carbocycles. The number of benzene rings is 1. The largest absolute Gasteiger partial charge is 0.497 e. The van der Waals surface area contributed by atoms with Gasteiger partial charge in [-0.05, 0) is 18.6 Å². The Balaban J connectivity index is 2.24. The predicted octanol–water partition coefficient (Wildman–Crippen LogP) is 1.80. The molecule has 2 aromatic rings. The lowest BCUT2D eigenvalue weighted by Gasteiger charge is -2.11. The van der Waals surface area contributed by atoms with Crippen LogP contribution in [0.4, 0.5) is 11.6 Å². The van der Waals surface area contributed by atoms with Crippen molar-refractivity contribution in [2.24, 2.45) is 10.7 Å². The lowest BCUT2D eigenvalue weighted by atomic mass is 10.2. The lowest BCUT2D eigenvalue weighted by molar-refractivity contribution is 0.395. The number of rotatable bonds is 6. The average molecular weight is 331 g/mol. The van der Waals surface area contributed by atoms with Crippen molar-refractivity contribution in [1.29, 1.82) is 0 Å². The molecule has 128 valence electrons. The molecule has 24 heavy (non-hydrogen) atoms. The second kappa shape index (κ2) is 8.00. The highest BCUT2D eigenvalue weighted by molar-refractivity contribution is 5.95. The molecule has 0 aliphatic heterocycles. The Morgan fingerprint density at radius 1 is 1.33 bits per heavy atom. The molecular formula is C16H21N5O3. The number of aromatic amines is 1. The van der Waals surface area contributed by atoms with E-state index in [1.165, 1.54) is 6.07 Å². The molecule has 0 fully saturated rings. The number of H-pyrrole nitrogens is 1. The maximum atomic E-state index is 11.6. The number of aliphatic imine (C=N–C) groups is 1. The number of aryl methyl sites for hydroxylation is 1. The molecule has 0 spiro atoms. The van der Waals surface area contributed by atoms with Gasteiger partial charge in [0.05, 0.1) is 19.9 Å². The third kappa shape index (κ3) is 4.48. The monoisotopic (exact) mass is 331 g/mol. The number of hydrogen-bond donors (Lipinski definition) is 3. The minimum absolute atomic E-state index is 0.0789. The predicted molar refractivity (Wildman–Crippen MR) is 93.3 cm³/mol. The number of nitrogens with zero attached hydrogens (tertiary/aromatic N) is 2. The highest BCUT2D eigenvalue weighted by atomic mass is 16.5. The van der Waals surface area contributed by atoms with Crippen LogP contribution in [0, 0.1) is 0 Å². The van der Waals surface area contributed by atoms with Gasteiger partial charge in [0.25, 0.3) is 5.56 Å². The fourth-order valence-electron chi connectivity index (χ4n) is 2.11. The van der Waals surface area contributed by atoms with Crippen molar-refractivity contribution in [2.75, 3.05) is 19.5 Å². The molecule has 1 heterocycles. The summed E-state index contributed by atoms with van der Waals surface area (Å²) >= 11 is 0. The maximum Gasteiger partial charge on any atom is 0.252 e. The van der Waals surface area contributed by atoms with Crippen LogP contribution in [0.5, 0.6) is 11.5 Å². The van der Waals surface area contributed by atoms with E-state index >= 15 is 0 Å². The summed E-state index contributed by atoms with van der Waals surface area (Å²) in [5.74, 6) is 1.44. The zero-order valence-corrected chi connectivity index (χ0v) is 13.9. The summed E-state index contributed by atoms with van der Waals surface area (Å²) in [6, 6.07) is 6.69. The van der Waals surface area contributed by atoms with Crippen LogP contribution in [-0.4, -0.2) is 30.1 Å². The van der Waals surface area contributed by atoms with E-state index in [1.807, 2.05) is 6.92 Å². The van der Waals surface area contributed by atoms with Crippen LogP contribution >= 0.6 is 0 Å². The number of ether oxygens (including phenoxy) is 2. The van der Waals surface area contributed by atoms with E-state index in [1.54, 1.807) is 32.4 Å². The molecule has 0 amide bonds. The van der Waals surface area contributed by atoms with Gasteiger partial charge in [-0.3, -0.25) is 9.78 Å². The van der Waals surface area contributed by atoms with Crippen molar-refractivity contribution < 1.29 is 9.47 Å². The van der Waals surface area contributed by atoms with Gasteiger partial charge in [-0.15, -0.1) is 0 Å². The summed E-state index contributed by atoms with van der Waals surface area (Å²) in [6.07, 6.45) is 1.59. The first kappa shape index (κ1) is 17.3. The zero-order valence-electron chi connectivity index (χ0n) is 13.9. The van der Waals surface area contributed by atoms with E-state index in [0.717, 1.165) is 6.42 Å². The van der Waals surface area contributed by atoms with Gasteiger partial charge in [0, 0.05) is 17.8 Å². The van der Waals surface area contributed by atoms with E-state index in [4.69, 9.17) is 15.2 Å². The molecule has 0 radical (unpaired) electrons. The van der Waals surface area contributed by atoms with Gasteiger partial charge in [0.2, 0.25) is 11.9 Å². The van der Waals surface area contributed by atoms with Gasteiger partial charge in [-0.25, -0.2) is 4.98 Å². The summed E-state index contributed by atoms with van der Waals surface area (Å²) < 4.78 is 10.4. The summed E-state index contributed by atoms with van der Waals surface area (Å²) in [7, 11) is 3.11. The Morgan fingerprint density at radius 2 is 2.12 bits per heavy atom. The third-order valence-corrected chi connectivity index (χ3v) is 3.19. The normalized spacial score (nSPS) is 11.2. The highest BCUT2D eigenvalue weighted by Crippen LogP contribution is 2.28. The van der Waals surface area contributed by atoms with E-state index in [2.05, 4.69) is 20.3 Å². The van der Waals surface area contributed by atoms with Crippen LogP contribution in [0.25, 0.3) is 0 Å². The SMILES string of the molecule is CCCc1cc(=O)[nH]c(/N=C(/N)Nc2ccc(OC)cc2OC)n1. The first-order valence-electron chi connectivity index (χ1n) is 7.49. The molecule has 0 aliphatic carbocycles. The van der Waals surface area contributed by atoms with E-state index in [9.17, 15) is 4.79 Å². The Labute approximate surface area is 139 Å². The Kier molecular flexibility index (Phi) is 5.78. The van der Waals surface area contributed by atoms with Crippen molar-refractivity contribution >= 4 is 17.6 Å². The Hall–Kier alpha value is -3.03. The van der Waals surface area contributed by atoms with Crippen molar-refractivity contribution in [2.45, 2.75) is 19.8 Å². The van der Waals surface area contributed by atoms with Crippen LogP contribution in [0.2, 0.25) is 0 Å². The molecule has 8 nitrogen and oxygen atoms in total. The van der Waals surface area contributed by atoms with Gasteiger partial charge in [0.1, 0.15) is 11.5 Å². The zero-order chi connectivity index (χ0) is 17.5. The highest BCUT2D eigenvalue weighted by Gasteiger charge is 2.07. The van der Waals surface area contributed by atoms with Crippen molar-refractivity contribution in [1.82, 2.24) is 9.97 Å². The molecule has 2 rings (SSSR count). The average Bonchev–Trinajstić information content (AvgIpc) is 2.54. The van der Waals surface area contributed by atoms with Crippen molar-refractivity contribution in [3.05, 3.63) is 40.3 Å². The van der Waals surface area contributed by atoms with E-state index < -0.39 is 0 Å². The Bertz CT molecular complexity index is 786. The molecule has 1 aromatic heterocycles. The molecule has 0 unspecified atom stereocenters. The number of nitrogens with two attached hydrogens (primary N) is 1. The van der Waals surface area contributed by atoms with Gasteiger partial charge >= 0.3 is 0 Å². The molecule has 0 bridgehead atoms. The van der Waals surface area contributed by atoms with Gasteiger partial charge in [0.15, 0.2) is 0 Å². The molecule has 0 atom stereocenters. The minimum atomic E-state index is -0.262. The standard InChI is InChI=1S/C16H21N5O3/c1-4-5-10-8-14(22)20-16(18-10)21-15(17)19-12-7-6-11(23-2)9-13(12)24-3/h6-9H,4-5H2,1-3H3,(H4,17,18,19,20,21,22). The lowest BCUT2D eigenvalue weighted by Crippen LogP contribution is -2.23. The smallest absolute Gasteiger partial charge is 0.252 e. The van der Waals surface area contributed by atoms with E-state index in [-0.39, 0.29) is 17.5 Å². The van der Waals surface area contributed by atoms with Crippen molar-refractivity contribution in [3.63, 3.8) is 0 Å². The second-order valence-electron chi connectivity index (χ2n) is 5.00. The summed E-state index contributed by atoms with van der Waals surface area (Å²) in [5, 5.41) is 2.92. The molecule has 0 saturated carbocycles. The summed E-state index contributed by atoms with van der Waals surface area (Å²) in [6.45, 7) is 2.01. The van der Waals surface area contributed by atoms with E-state index in [0.29, 0.717) is 29.3 Å². The third-order valence-electron chi connectivity index (χ3n) is 3.19. The first-order valence-corrected chi connectivity index (χ1v) is 7.49. The van der Waals surface area contributed by atoms with Gasteiger partial charge in [-0.2, -0.15) is 4.99 Å². The fourth-order valence-corrected chi connectivity index (χ4v) is 2.11. The van der Waals surface area contributed by atoms with Gasteiger partial charge in [-0.1, -0.05) is 13.3 Å². The molecular weight excluding hydrogens is 310 g/mol. The topological polar surface area (TPSA) is 115 Å².